The first-order valence-corrected chi connectivity index (χ1v) is 22.4. The van der Waals surface area contributed by atoms with Gasteiger partial charge in [-0.15, -0.1) is 0 Å². The van der Waals surface area contributed by atoms with Gasteiger partial charge in [0.1, 0.15) is 23.0 Å². The molecular formula is C62H46N2O4. The van der Waals surface area contributed by atoms with Crippen LogP contribution in [0.25, 0.3) is 34.4 Å². The molecule has 68 heavy (non-hydrogen) atoms. The van der Waals surface area contributed by atoms with Gasteiger partial charge in [0, 0.05) is 24.8 Å². The zero-order chi connectivity index (χ0) is 46.5. The Hall–Kier alpha value is -9.00. The maximum Gasteiger partial charge on any atom is 0.115 e. The lowest BCUT2D eigenvalue weighted by Gasteiger charge is -2.33. The molecule has 4 N–H and O–H groups in total. The van der Waals surface area contributed by atoms with Crippen LogP contribution in [-0.2, 0) is 10.8 Å². The van der Waals surface area contributed by atoms with Crippen LogP contribution < -0.4 is 0 Å². The van der Waals surface area contributed by atoms with Gasteiger partial charge in [-0.05, 0) is 151 Å². The first kappa shape index (κ1) is 42.9. The number of hydrogen-bond acceptors (Lipinski definition) is 6. The normalized spacial score (nSPS) is 13.1. The van der Waals surface area contributed by atoms with Gasteiger partial charge in [0.15, 0.2) is 0 Å². The van der Waals surface area contributed by atoms with Crippen molar-refractivity contribution in [1.82, 2.24) is 9.97 Å². The number of pyridine rings is 2. The molecule has 0 spiro atoms. The monoisotopic (exact) mass is 882 g/mol. The highest BCUT2D eigenvalue weighted by Gasteiger charge is 2.47. The molecule has 12 rings (SSSR count). The summed E-state index contributed by atoms with van der Waals surface area (Å²) in [6.45, 7) is 0. The molecule has 328 valence electrons. The van der Waals surface area contributed by atoms with E-state index in [9.17, 15) is 20.4 Å². The Labute approximate surface area is 395 Å². The zero-order valence-corrected chi connectivity index (χ0v) is 36.9. The SMILES string of the molecule is C(=C\c1ccncc1)/c1ccncc1.Oc1ccc(C2(c3ccc(O)cc3)c3ccccc3-c3ccccc32)cc1.Oc1ccc(C2(c3ccc(O)cc3)c3ccccc3-c3ccccc32)cc1. The molecule has 8 aromatic carbocycles. The Bertz CT molecular complexity index is 2940. The third-order valence-electron chi connectivity index (χ3n) is 13.0. The highest BCUT2D eigenvalue weighted by molar-refractivity contribution is 5.87. The Morgan fingerprint density at radius 2 is 0.485 bits per heavy atom. The summed E-state index contributed by atoms with van der Waals surface area (Å²) in [5.41, 5.74) is 15.4. The highest BCUT2D eigenvalue weighted by Crippen LogP contribution is 2.57. The number of phenolic OH excluding ortho intramolecular Hbond substituents is 4. The maximum absolute atomic E-state index is 9.85. The molecule has 6 heteroatoms. The molecule has 0 saturated heterocycles. The number of fused-ring (bicyclic) bond motifs is 6. The Morgan fingerprint density at radius 3 is 0.721 bits per heavy atom. The van der Waals surface area contributed by atoms with E-state index in [2.05, 4.69) is 119 Å². The highest BCUT2D eigenvalue weighted by atomic mass is 16.3. The van der Waals surface area contributed by atoms with Crippen molar-refractivity contribution in [2.24, 2.45) is 0 Å². The van der Waals surface area contributed by atoms with E-state index in [1.54, 1.807) is 73.3 Å². The van der Waals surface area contributed by atoms with E-state index in [0.29, 0.717) is 0 Å². The molecule has 2 heterocycles. The third-order valence-corrected chi connectivity index (χ3v) is 13.0. The van der Waals surface area contributed by atoms with Crippen LogP contribution in [0.5, 0.6) is 23.0 Å². The average molecular weight is 883 g/mol. The van der Waals surface area contributed by atoms with E-state index in [-0.39, 0.29) is 23.0 Å². The van der Waals surface area contributed by atoms with E-state index in [0.717, 1.165) is 33.4 Å². The molecule has 10 aromatic rings. The number of phenols is 4. The largest absolute Gasteiger partial charge is 0.508 e. The van der Waals surface area contributed by atoms with Crippen LogP contribution in [-0.4, -0.2) is 30.4 Å². The molecule has 2 aromatic heterocycles. The van der Waals surface area contributed by atoms with E-state index in [1.807, 2.05) is 72.8 Å². The quantitative estimate of drug-likeness (QED) is 0.133. The summed E-state index contributed by atoms with van der Waals surface area (Å²) in [6, 6.07) is 71.6. The standard InChI is InChI=1S/2C25H18O2.C12H10N2/c2*26-19-13-9-17(10-14-19)25(18-11-15-20(27)16-12-18)23-7-3-1-5-21(23)22-6-2-4-8-24(22)25;1(11-3-7-13-8-4-11)2-12-5-9-14-10-6-12/h2*1-16,26-27H;1-10H/b;;2-1+. The first-order chi connectivity index (χ1) is 33.4. The lowest BCUT2D eigenvalue weighted by atomic mass is 9.68. The summed E-state index contributed by atoms with van der Waals surface area (Å²) in [6.07, 6.45) is 11.2. The predicted molar refractivity (Wildman–Crippen MR) is 272 cm³/mol. The van der Waals surface area contributed by atoms with Gasteiger partial charge < -0.3 is 20.4 Å². The number of aromatic nitrogens is 2. The molecule has 0 aliphatic heterocycles. The van der Waals surface area contributed by atoms with Gasteiger partial charge in [0.2, 0.25) is 0 Å². The van der Waals surface area contributed by atoms with Crippen molar-refractivity contribution in [3.05, 3.63) is 299 Å². The third kappa shape index (κ3) is 7.74. The van der Waals surface area contributed by atoms with Crippen molar-refractivity contribution in [3.63, 3.8) is 0 Å². The molecule has 0 amide bonds. The van der Waals surface area contributed by atoms with Crippen molar-refractivity contribution in [2.75, 3.05) is 0 Å². The second kappa shape index (κ2) is 18.5. The number of aromatic hydroxyl groups is 4. The summed E-state index contributed by atoms with van der Waals surface area (Å²) in [4.78, 5) is 7.91. The molecular weight excluding hydrogens is 837 g/mol. The topological polar surface area (TPSA) is 107 Å². The molecule has 0 fully saturated rings. The van der Waals surface area contributed by atoms with Gasteiger partial charge in [-0.2, -0.15) is 0 Å². The molecule has 6 nitrogen and oxygen atoms in total. The average Bonchev–Trinajstić information content (AvgIpc) is 3.86. The van der Waals surface area contributed by atoms with Crippen LogP contribution in [0, 0.1) is 0 Å². The van der Waals surface area contributed by atoms with Gasteiger partial charge in [-0.3, -0.25) is 9.97 Å². The van der Waals surface area contributed by atoms with Gasteiger partial charge in [-0.1, -0.05) is 158 Å². The number of rotatable bonds is 6. The minimum Gasteiger partial charge on any atom is -0.508 e. The summed E-state index contributed by atoms with van der Waals surface area (Å²) < 4.78 is 0. The Morgan fingerprint density at radius 1 is 0.265 bits per heavy atom. The molecule has 2 aliphatic carbocycles. The zero-order valence-electron chi connectivity index (χ0n) is 36.9. The fourth-order valence-corrected chi connectivity index (χ4v) is 10.0. The van der Waals surface area contributed by atoms with Crippen LogP contribution in [0.4, 0.5) is 0 Å². The van der Waals surface area contributed by atoms with Crippen molar-refractivity contribution in [3.8, 4) is 45.3 Å². The second-order valence-corrected chi connectivity index (χ2v) is 16.8. The Kier molecular flexibility index (Phi) is 11.7. The predicted octanol–water partition coefficient (Wildman–Crippen LogP) is 13.6. The van der Waals surface area contributed by atoms with Gasteiger partial charge in [0.05, 0.1) is 10.8 Å². The number of benzene rings is 8. The van der Waals surface area contributed by atoms with Crippen LogP contribution in [0.2, 0.25) is 0 Å². The minimum absolute atomic E-state index is 0.249. The fourth-order valence-electron chi connectivity index (χ4n) is 10.0. The van der Waals surface area contributed by atoms with Crippen LogP contribution in [0.15, 0.2) is 243 Å². The summed E-state index contributed by atoms with van der Waals surface area (Å²) in [5, 5.41) is 39.4. The van der Waals surface area contributed by atoms with Crippen LogP contribution in [0.3, 0.4) is 0 Å². The van der Waals surface area contributed by atoms with Crippen molar-refractivity contribution in [2.45, 2.75) is 10.8 Å². The lowest BCUT2D eigenvalue weighted by Crippen LogP contribution is -2.28. The van der Waals surface area contributed by atoms with Crippen molar-refractivity contribution >= 4 is 12.2 Å². The van der Waals surface area contributed by atoms with Gasteiger partial charge >= 0.3 is 0 Å². The Balaban J connectivity index is 0.000000125. The fraction of sp³-hybridized carbons (Fsp3) is 0.0323. The molecule has 0 radical (unpaired) electrons. The minimum atomic E-state index is -0.491. The second-order valence-electron chi connectivity index (χ2n) is 16.8. The van der Waals surface area contributed by atoms with Crippen LogP contribution >= 0.6 is 0 Å². The van der Waals surface area contributed by atoms with Crippen LogP contribution in [0.1, 0.15) is 55.6 Å². The molecule has 0 unspecified atom stereocenters. The number of hydrogen-bond donors (Lipinski definition) is 4. The van der Waals surface area contributed by atoms with Gasteiger partial charge in [-0.25, -0.2) is 0 Å². The van der Waals surface area contributed by atoms with Crippen molar-refractivity contribution < 1.29 is 20.4 Å². The molecule has 2 aliphatic rings. The molecule has 0 saturated carbocycles. The lowest BCUT2D eigenvalue weighted by molar-refractivity contribution is 0.473. The van der Waals surface area contributed by atoms with E-state index >= 15 is 0 Å². The van der Waals surface area contributed by atoms with E-state index in [1.165, 1.54) is 44.5 Å². The van der Waals surface area contributed by atoms with E-state index in [4.69, 9.17) is 0 Å². The van der Waals surface area contributed by atoms with Gasteiger partial charge in [0.25, 0.3) is 0 Å². The van der Waals surface area contributed by atoms with Crippen molar-refractivity contribution in [1.29, 1.82) is 0 Å². The summed E-state index contributed by atoms with van der Waals surface area (Å²) >= 11 is 0. The molecule has 0 atom stereocenters. The summed E-state index contributed by atoms with van der Waals surface area (Å²) in [7, 11) is 0. The molecule has 0 bridgehead atoms. The number of nitrogens with zero attached hydrogens (tertiary/aromatic N) is 2. The smallest absolute Gasteiger partial charge is 0.115 e. The van der Waals surface area contributed by atoms with E-state index < -0.39 is 10.8 Å². The summed E-state index contributed by atoms with van der Waals surface area (Å²) in [5.74, 6) is 0.997. The first-order valence-electron chi connectivity index (χ1n) is 22.4. The maximum atomic E-state index is 9.85.